The summed E-state index contributed by atoms with van der Waals surface area (Å²) in [6.07, 6.45) is 2.92. The summed E-state index contributed by atoms with van der Waals surface area (Å²) in [5.41, 5.74) is 3.47. The molecule has 0 aliphatic carbocycles. The van der Waals surface area contributed by atoms with Gasteiger partial charge in [-0.1, -0.05) is 11.6 Å². The highest BCUT2D eigenvalue weighted by molar-refractivity contribution is 6.30. The van der Waals surface area contributed by atoms with Crippen molar-refractivity contribution in [3.05, 3.63) is 57.1 Å². The van der Waals surface area contributed by atoms with Crippen LogP contribution in [0.2, 0.25) is 5.02 Å². The number of fused-ring (bicyclic) bond motifs is 1. The third kappa shape index (κ3) is 2.85. The van der Waals surface area contributed by atoms with Crippen molar-refractivity contribution in [3.63, 3.8) is 0 Å². The zero-order valence-electron chi connectivity index (χ0n) is 12.5. The molecule has 1 aromatic carbocycles. The van der Waals surface area contributed by atoms with Crippen LogP contribution in [0.15, 0.2) is 35.3 Å². The Labute approximate surface area is 137 Å². The van der Waals surface area contributed by atoms with Gasteiger partial charge >= 0.3 is 0 Å². The van der Waals surface area contributed by atoms with Gasteiger partial charge in [0.05, 0.1) is 11.3 Å². The monoisotopic (exact) mass is 330 g/mol. The van der Waals surface area contributed by atoms with E-state index in [2.05, 4.69) is 15.4 Å². The van der Waals surface area contributed by atoms with Crippen molar-refractivity contribution >= 4 is 18.0 Å². The van der Waals surface area contributed by atoms with E-state index in [-0.39, 0.29) is 5.56 Å². The van der Waals surface area contributed by atoms with Gasteiger partial charge in [-0.15, -0.1) is 0 Å². The second-order valence-electron chi connectivity index (χ2n) is 5.17. The number of nitrogens with one attached hydrogen (secondary N) is 2. The summed E-state index contributed by atoms with van der Waals surface area (Å²) in [5.74, 6) is 0. The summed E-state index contributed by atoms with van der Waals surface area (Å²) < 4.78 is 1.37. The van der Waals surface area contributed by atoms with E-state index in [0.29, 0.717) is 41.3 Å². The fourth-order valence-corrected chi connectivity index (χ4v) is 2.66. The molecule has 0 aromatic heterocycles. The highest BCUT2D eigenvalue weighted by atomic mass is 35.5. The molecule has 7 heteroatoms. The maximum atomic E-state index is 12.6. The molecule has 0 bridgehead atoms. The Morgan fingerprint density at radius 3 is 2.78 bits per heavy atom. The maximum absolute atomic E-state index is 12.6. The predicted octanol–water partition coefficient (Wildman–Crippen LogP) is 1.92. The number of H-pyrrole nitrogens is 1. The lowest BCUT2D eigenvalue weighted by Gasteiger charge is -2.09. The highest BCUT2D eigenvalue weighted by Gasteiger charge is 2.20. The summed E-state index contributed by atoms with van der Waals surface area (Å²) in [7, 11) is 0. The minimum atomic E-state index is -0.192. The molecule has 0 spiro atoms. The van der Waals surface area contributed by atoms with E-state index in [1.807, 2.05) is 6.92 Å². The number of aromatic nitrogens is 3. The van der Waals surface area contributed by atoms with Gasteiger partial charge < -0.3 is 10.3 Å². The van der Waals surface area contributed by atoms with Crippen molar-refractivity contribution in [2.24, 2.45) is 0 Å². The molecule has 3 rings (SSSR count). The molecule has 1 amide bonds. The van der Waals surface area contributed by atoms with Crippen LogP contribution in [0.3, 0.4) is 0 Å². The van der Waals surface area contributed by atoms with Crippen molar-refractivity contribution < 1.29 is 4.79 Å². The van der Waals surface area contributed by atoms with Crippen LogP contribution in [0.5, 0.6) is 0 Å². The molecule has 0 atom stereocenters. The molecule has 0 saturated carbocycles. The first-order chi connectivity index (χ1) is 11.1. The molecule has 1 aromatic rings. The molecular weight excluding hydrogens is 316 g/mol. The molecule has 2 aliphatic heterocycles. The van der Waals surface area contributed by atoms with Gasteiger partial charge in [-0.25, -0.2) is 0 Å². The molecular formula is C16H15ClN4O2. The largest absolute Gasteiger partial charge is 0.364 e. The number of amides is 1. The first-order valence-electron chi connectivity index (χ1n) is 7.14. The summed E-state index contributed by atoms with van der Waals surface area (Å²) in [5, 5.41) is 7.70. The van der Waals surface area contributed by atoms with Crippen LogP contribution in [0.25, 0.3) is 16.9 Å². The third-order valence-electron chi connectivity index (χ3n) is 3.72. The van der Waals surface area contributed by atoms with Crippen LogP contribution >= 0.6 is 11.6 Å². The van der Waals surface area contributed by atoms with Crippen molar-refractivity contribution in [1.29, 1.82) is 0 Å². The van der Waals surface area contributed by atoms with Crippen LogP contribution in [0, 0.1) is 6.92 Å². The fourth-order valence-electron chi connectivity index (χ4n) is 2.53. The van der Waals surface area contributed by atoms with Gasteiger partial charge in [0.25, 0.3) is 5.56 Å². The van der Waals surface area contributed by atoms with Crippen LogP contribution in [0.4, 0.5) is 0 Å². The minimum absolute atomic E-state index is 0.192. The van der Waals surface area contributed by atoms with Crippen molar-refractivity contribution in [2.75, 3.05) is 6.54 Å². The topological polar surface area (TPSA) is 79.8 Å². The van der Waals surface area contributed by atoms with E-state index < -0.39 is 0 Å². The Kier molecular flexibility index (Phi) is 4.16. The third-order valence-corrected chi connectivity index (χ3v) is 3.98. The number of carbonyl (C=O) groups is 1. The Morgan fingerprint density at radius 2 is 2.09 bits per heavy atom. The van der Waals surface area contributed by atoms with Crippen molar-refractivity contribution in [1.82, 2.24) is 20.1 Å². The molecule has 6 nitrogen and oxygen atoms in total. The van der Waals surface area contributed by atoms with Crippen LogP contribution in [-0.4, -0.2) is 27.7 Å². The second kappa shape index (κ2) is 6.26. The normalized spacial score (nSPS) is 10.9. The van der Waals surface area contributed by atoms with E-state index in [0.717, 1.165) is 11.3 Å². The molecule has 2 heterocycles. The van der Waals surface area contributed by atoms with Gasteiger partial charge in [0.1, 0.15) is 5.69 Å². The van der Waals surface area contributed by atoms with Gasteiger partial charge in [-0.2, -0.15) is 9.78 Å². The molecule has 0 saturated heterocycles. The second-order valence-corrected chi connectivity index (χ2v) is 5.61. The number of benzene rings is 1. The number of halogens is 1. The summed E-state index contributed by atoms with van der Waals surface area (Å²) in [6, 6.07) is 6.93. The number of aryl methyl sites for hydroxylation is 1. The minimum Gasteiger partial charge on any atom is -0.364 e. The molecule has 0 fully saturated rings. The summed E-state index contributed by atoms with van der Waals surface area (Å²) in [4.78, 5) is 26.1. The lowest BCUT2D eigenvalue weighted by molar-refractivity contribution is -0.109. The zero-order valence-corrected chi connectivity index (χ0v) is 13.2. The molecule has 2 aliphatic rings. The quantitative estimate of drug-likeness (QED) is 0.554. The van der Waals surface area contributed by atoms with Gasteiger partial charge in [0.15, 0.2) is 0 Å². The lowest BCUT2D eigenvalue weighted by Crippen LogP contribution is -2.16. The van der Waals surface area contributed by atoms with Gasteiger partial charge in [-0.3, -0.25) is 9.59 Å². The van der Waals surface area contributed by atoms with E-state index >= 15 is 0 Å². The first-order valence-corrected chi connectivity index (χ1v) is 7.52. The number of hydrogen-bond donors (Lipinski definition) is 2. The van der Waals surface area contributed by atoms with Crippen LogP contribution < -0.4 is 10.9 Å². The SMILES string of the molecule is Cc1[nH]cc2c(=O)n(-c3ccc(Cl)cc3)nc-2c1CCNC=O. The first kappa shape index (κ1) is 15.3. The fraction of sp³-hybridized carbons (Fsp3) is 0.188. The Morgan fingerprint density at radius 1 is 1.35 bits per heavy atom. The van der Waals surface area contributed by atoms with Crippen LogP contribution in [-0.2, 0) is 11.2 Å². The lowest BCUT2D eigenvalue weighted by atomic mass is 10.0. The molecule has 118 valence electrons. The zero-order chi connectivity index (χ0) is 16.4. The summed E-state index contributed by atoms with van der Waals surface area (Å²) in [6.45, 7) is 2.40. The van der Waals surface area contributed by atoms with Crippen molar-refractivity contribution in [2.45, 2.75) is 13.3 Å². The number of hydrogen-bond acceptors (Lipinski definition) is 3. The average molecular weight is 331 g/mol. The highest BCUT2D eigenvalue weighted by Crippen LogP contribution is 2.24. The molecule has 23 heavy (non-hydrogen) atoms. The molecule has 0 unspecified atom stereocenters. The number of aromatic amines is 1. The number of rotatable bonds is 5. The maximum Gasteiger partial charge on any atom is 0.282 e. The summed E-state index contributed by atoms with van der Waals surface area (Å²) >= 11 is 5.89. The van der Waals surface area contributed by atoms with E-state index in [4.69, 9.17) is 11.6 Å². The molecule has 2 N–H and O–H groups in total. The Bertz CT molecular complexity index is 867. The van der Waals surface area contributed by atoms with E-state index in [9.17, 15) is 9.59 Å². The standard InChI is InChI=1S/C16H15ClN4O2/c1-10-13(6-7-18-9-22)15-14(8-19-10)16(23)21(20-15)12-4-2-11(17)3-5-12/h2-5,8-9,19H,6-7H2,1H3,(H,18,22). The predicted molar refractivity (Wildman–Crippen MR) is 88.3 cm³/mol. The van der Waals surface area contributed by atoms with Gasteiger partial charge in [-0.05, 0) is 37.6 Å². The van der Waals surface area contributed by atoms with Crippen molar-refractivity contribution in [3.8, 4) is 16.9 Å². The number of nitrogens with zero attached hydrogens (tertiary/aromatic N) is 2. The number of pyridine rings is 1. The van der Waals surface area contributed by atoms with Gasteiger partial charge in [0, 0.05) is 29.0 Å². The van der Waals surface area contributed by atoms with Crippen LogP contribution in [0.1, 0.15) is 11.3 Å². The van der Waals surface area contributed by atoms with Gasteiger partial charge in [0.2, 0.25) is 6.41 Å². The number of carbonyl (C=O) groups excluding carboxylic acids is 1. The smallest absolute Gasteiger partial charge is 0.282 e. The van der Waals surface area contributed by atoms with E-state index in [1.165, 1.54) is 4.68 Å². The van der Waals surface area contributed by atoms with E-state index in [1.54, 1.807) is 30.5 Å². The molecule has 0 radical (unpaired) electrons. The average Bonchev–Trinajstić information content (AvgIpc) is 2.88. The Hall–Kier alpha value is -2.60. The Balaban J connectivity index is 2.11.